The van der Waals surface area contributed by atoms with Gasteiger partial charge in [0.15, 0.2) is 5.82 Å². The van der Waals surface area contributed by atoms with Crippen molar-refractivity contribution in [2.45, 2.75) is 51.6 Å². The van der Waals surface area contributed by atoms with Crippen molar-refractivity contribution in [3.63, 3.8) is 0 Å². The van der Waals surface area contributed by atoms with Crippen LogP contribution in [-0.2, 0) is 30.4 Å². The summed E-state index contributed by atoms with van der Waals surface area (Å²) < 4.78 is 39.6. The number of nitrogens with zero attached hydrogens (tertiary/aromatic N) is 6. The molecule has 0 aromatic carbocycles. The first kappa shape index (κ1) is 23.6. The quantitative estimate of drug-likeness (QED) is 0.563. The van der Waals surface area contributed by atoms with Gasteiger partial charge < -0.3 is 15.3 Å². The van der Waals surface area contributed by atoms with Gasteiger partial charge in [0.2, 0.25) is 5.91 Å². The molecule has 2 N–H and O–H groups in total. The molecule has 0 saturated heterocycles. The number of anilines is 2. The number of rotatable bonds is 6. The molecule has 180 valence electrons. The Bertz CT molecular complexity index is 1190. The van der Waals surface area contributed by atoms with Crippen LogP contribution in [0.2, 0.25) is 0 Å². The Morgan fingerprint density at radius 1 is 1.18 bits per heavy atom. The van der Waals surface area contributed by atoms with Gasteiger partial charge in [-0.05, 0) is 37.5 Å². The number of halogens is 3. The standard InChI is InChI=1S/C22H24F3N7O2/c1-12-18-20(31(3)19(13(2)33)21(34)30-18)29-17(28-12)7-5-15-9-27-32(11-15)10-14-4-6-16(26-8-14)22(23,24)25/h4,6,8-9,11,13,19,33H,5,7,10H2,1-3H3,(H,30,34)/t13-,19-/m0/s1. The van der Waals surface area contributed by atoms with Crippen molar-refractivity contribution in [1.29, 1.82) is 0 Å². The van der Waals surface area contributed by atoms with Gasteiger partial charge in [-0.25, -0.2) is 9.97 Å². The zero-order valence-electron chi connectivity index (χ0n) is 18.8. The zero-order valence-corrected chi connectivity index (χ0v) is 18.8. The number of aliphatic hydroxyl groups excluding tert-OH is 1. The number of alkyl halides is 3. The van der Waals surface area contributed by atoms with Crippen molar-refractivity contribution in [2.24, 2.45) is 0 Å². The summed E-state index contributed by atoms with van der Waals surface area (Å²) >= 11 is 0. The molecule has 0 aliphatic carbocycles. The number of pyridine rings is 1. The van der Waals surface area contributed by atoms with Crippen LogP contribution in [0.25, 0.3) is 0 Å². The average Bonchev–Trinajstić information content (AvgIpc) is 3.20. The number of fused-ring (bicyclic) bond motifs is 1. The fourth-order valence-electron chi connectivity index (χ4n) is 3.93. The number of aryl methyl sites for hydroxylation is 3. The van der Waals surface area contributed by atoms with Gasteiger partial charge in [-0.3, -0.25) is 14.5 Å². The van der Waals surface area contributed by atoms with Gasteiger partial charge >= 0.3 is 6.18 Å². The number of hydrogen-bond acceptors (Lipinski definition) is 7. The highest BCUT2D eigenvalue weighted by Crippen LogP contribution is 2.32. The fourth-order valence-corrected chi connectivity index (χ4v) is 3.93. The lowest BCUT2D eigenvalue weighted by atomic mass is 10.1. The van der Waals surface area contributed by atoms with Crippen LogP contribution in [0, 0.1) is 6.92 Å². The molecule has 12 heteroatoms. The van der Waals surface area contributed by atoms with Crippen LogP contribution in [-0.4, -0.2) is 54.9 Å². The van der Waals surface area contributed by atoms with Crippen molar-refractivity contribution < 1.29 is 23.1 Å². The molecule has 9 nitrogen and oxygen atoms in total. The van der Waals surface area contributed by atoms with Crippen molar-refractivity contribution in [1.82, 2.24) is 24.7 Å². The monoisotopic (exact) mass is 475 g/mol. The van der Waals surface area contributed by atoms with Gasteiger partial charge in [-0.15, -0.1) is 0 Å². The van der Waals surface area contributed by atoms with Crippen LogP contribution in [0.1, 0.15) is 35.3 Å². The molecule has 0 radical (unpaired) electrons. The van der Waals surface area contributed by atoms with Gasteiger partial charge in [0.1, 0.15) is 23.2 Å². The summed E-state index contributed by atoms with van der Waals surface area (Å²) in [5, 5.41) is 17.0. The number of amides is 1. The molecule has 0 bridgehead atoms. The normalized spacial score (nSPS) is 16.9. The molecule has 3 aromatic rings. The average molecular weight is 475 g/mol. The number of hydrogen-bond donors (Lipinski definition) is 2. The van der Waals surface area contributed by atoms with Crippen molar-refractivity contribution in [3.8, 4) is 0 Å². The molecule has 0 saturated carbocycles. The number of aliphatic hydroxyl groups is 1. The summed E-state index contributed by atoms with van der Waals surface area (Å²) in [7, 11) is 1.71. The molecule has 0 fully saturated rings. The fraction of sp³-hybridized carbons (Fsp3) is 0.409. The number of likely N-dealkylation sites (N-methyl/N-ethyl adjacent to an activating group) is 1. The van der Waals surface area contributed by atoms with Crippen molar-refractivity contribution >= 4 is 17.4 Å². The third-order valence-electron chi connectivity index (χ3n) is 5.63. The number of carbonyl (C=O) groups is 1. The lowest BCUT2D eigenvalue weighted by Gasteiger charge is -2.36. The van der Waals surface area contributed by atoms with E-state index in [1.165, 1.54) is 12.3 Å². The smallest absolute Gasteiger partial charge is 0.391 e. The van der Waals surface area contributed by atoms with Crippen LogP contribution >= 0.6 is 0 Å². The Hall–Kier alpha value is -3.54. The molecular formula is C22H24F3N7O2. The SMILES string of the molecule is Cc1nc(CCc2cnn(Cc3ccc(C(F)(F)F)nc3)c2)nc2c1NC(=O)[C@H]([C@H](C)O)N2C. The van der Waals surface area contributed by atoms with E-state index in [0.717, 1.165) is 11.6 Å². The molecule has 4 rings (SSSR count). The Morgan fingerprint density at radius 2 is 1.94 bits per heavy atom. The molecular weight excluding hydrogens is 451 g/mol. The third kappa shape index (κ3) is 4.86. The molecule has 3 aromatic heterocycles. The van der Waals surface area contributed by atoms with Gasteiger partial charge in [-0.1, -0.05) is 6.07 Å². The van der Waals surface area contributed by atoms with E-state index in [9.17, 15) is 23.1 Å². The van der Waals surface area contributed by atoms with Crippen LogP contribution in [0.4, 0.5) is 24.7 Å². The molecule has 4 heterocycles. The second-order valence-electron chi connectivity index (χ2n) is 8.31. The summed E-state index contributed by atoms with van der Waals surface area (Å²) in [6, 6.07) is 1.60. The first-order valence-electron chi connectivity index (χ1n) is 10.7. The van der Waals surface area contributed by atoms with Gasteiger partial charge in [0.05, 0.1) is 24.5 Å². The topological polar surface area (TPSA) is 109 Å². The van der Waals surface area contributed by atoms with Crippen LogP contribution in [0.15, 0.2) is 30.7 Å². The van der Waals surface area contributed by atoms with Gasteiger partial charge in [0.25, 0.3) is 0 Å². The summed E-state index contributed by atoms with van der Waals surface area (Å²) in [6.07, 6.45) is 0.484. The van der Waals surface area contributed by atoms with Crippen molar-refractivity contribution in [3.05, 3.63) is 59.1 Å². The molecule has 1 amide bonds. The van der Waals surface area contributed by atoms with Crippen LogP contribution in [0.3, 0.4) is 0 Å². The Balaban J connectivity index is 1.43. The zero-order chi connectivity index (χ0) is 24.6. The summed E-state index contributed by atoms with van der Waals surface area (Å²) in [6.45, 7) is 3.64. The molecule has 34 heavy (non-hydrogen) atoms. The van der Waals surface area contributed by atoms with E-state index in [1.807, 2.05) is 6.20 Å². The van der Waals surface area contributed by atoms with E-state index < -0.39 is 24.0 Å². The minimum Gasteiger partial charge on any atom is -0.391 e. The minimum absolute atomic E-state index is 0.296. The maximum Gasteiger partial charge on any atom is 0.433 e. The molecule has 1 aliphatic heterocycles. The Kier molecular flexibility index (Phi) is 6.26. The lowest BCUT2D eigenvalue weighted by molar-refractivity contribution is -0.141. The first-order chi connectivity index (χ1) is 16.0. The summed E-state index contributed by atoms with van der Waals surface area (Å²) in [5.41, 5.74) is 1.76. The minimum atomic E-state index is -4.47. The second kappa shape index (κ2) is 9.01. The van der Waals surface area contributed by atoms with E-state index >= 15 is 0 Å². The molecule has 0 unspecified atom stereocenters. The Morgan fingerprint density at radius 3 is 2.59 bits per heavy atom. The predicted octanol–water partition coefficient (Wildman–Crippen LogP) is 2.37. The van der Waals surface area contributed by atoms with E-state index in [0.29, 0.717) is 48.0 Å². The van der Waals surface area contributed by atoms with Crippen molar-refractivity contribution in [2.75, 3.05) is 17.3 Å². The van der Waals surface area contributed by atoms with Crippen LogP contribution < -0.4 is 10.2 Å². The number of nitrogens with one attached hydrogen (secondary N) is 1. The summed E-state index contributed by atoms with van der Waals surface area (Å²) in [5.74, 6) is 0.835. The molecule has 1 aliphatic rings. The highest BCUT2D eigenvalue weighted by atomic mass is 19.4. The van der Waals surface area contributed by atoms with Gasteiger partial charge in [0, 0.05) is 25.9 Å². The Labute approximate surface area is 193 Å². The number of carbonyl (C=O) groups excluding carboxylic acids is 1. The highest BCUT2D eigenvalue weighted by molar-refractivity contribution is 6.03. The second-order valence-corrected chi connectivity index (χ2v) is 8.31. The van der Waals surface area contributed by atoms with E-state index in [2.05, 4.69) is 25.4 Å². The highest BCUT2D eigenvalue weighted by Gasteiger charge is 2.36. The van der Waals surface area contributed by atoms with E-state index in [-0.39, 0.29) is 5.91 Å². The number of aromatic nitrogens is 5. The first-order valence-corrected chi connectivity index (χ1v) is 10.7. The van der Waals surface area contributed by atoms with E-state index in [1.54, 1.807) is 36.7 Å². The lowest BCUT2D eigenvalue weighted by Crippen LogP contribution is -2.52. The predicted molar refractivity (Wildman–Crippen MR) is 117 cm³/mol. The third-order valence-corrected chi connectivity index (χ3v) is 5.63. The maximum atomic E-state index is 12.7. The molecule has 2 atom stereocenters. The van der Waals surface area contributed by atoms with Crippen LogP contribution in [0.5, 0.6) is 0 Å². The summed E-state index contributed by atoms with van der Waals surface area (Å²) in [4.78, 5) is 26.6. The molecule has 0 spiro atoms. The van der Waals surface area contributed by atoms with Gasteiger partial charge in [-0.2, -0.15) is 18.3 Å². The maximum absolute atomic E-state index is 12.7. The largest absolute Gasteiger partial charge is 0.433 e. The van der Waals surface area contributed by atoms with E-state index in [4.69, 9.17) is 0 Å².